The zero-order valence-corrected chi connectivity index (χ0v) is 16.2. The Labute approximate surface area is 159 Å². The highest BCUT2D eigenvalue weighted by atomic mass is 32.1. The van der Waals surface area contributed by atoms with Crippen molar-refractivity contribution in [3.05, 3.63) is 69.7 Å². The van der Waals surface area contributed by atoms with E-state index >= 15 is 0 Å². The van der Waals surface area contributed by atoms with Crippen molar-refractivity contribution in [2.45, 2.75) is 39.0 Å². The minimum absolute atomic E-state index is 0.326. The summed E-state index contributed by atoms with van der Waals surface area (Å²) in [6.07, 6.45) is 6.76. The van der Waals surface area contributed by atoms with Crippen LogP contribution >= 0.6 is 11.3 Å². The van der Waals surface area contributed by atoms with Crippen molar-refractivity contribution in [1.29, 1.82) is 0 Å². The van der Waals surface area contributed by atoms with E-state index in [1.54, 1.807) is 0 Å². The zero-order chi connectivity index (χ0) is 17.9. The van der Waals surface area contributed by atoms with Crippen LogP contribution in [0.5, 0.6) is 0 Å². The molecule has 0 saturated carbocycles. The Kier molecular flexibility index (Phi) is 5.20. The fourth-order valence-electron chi connectivity index (χ4n) is 3.44. The third kappa shape index (κ3) is 4.06. The molecule has 0 radical (unpaired) electrons. The first-order chi connectivity index (χ1) is 12.7. The fourth-order valence-corrected chi connectivity index (χ4v) is 4.62. The fraction of sp³-hybridized carbons (Fsp3) is 0.381. The molecule has 0 unspecified atom stereocenters. The molecule has 4 rings (SSSR count). The van der Waals surface area contributed by atoms with Gasteiger partial charge in [0.25, 0.3) is 0 Å². The first-order valence-electron chi connectivity index (χ1n) is 9.17. The van der Waals surface area contributed by atoms with Crippen molar-refractivity contribution >= 4 is 11.3 Å². The second-order valence-electron chi connectivity index (χ2n) is 7.11. The van der Waals surface area contributed by atoms with Crippen molar-refractivity contribution < 1.29 is 4.74 Å². The normalized spacial score (nSPS) is 17.3. The van der Waals surface area contributed by atoms with E-state index in [4.69, 9.17) is 4.74 Å². The summed E-state index contributed by atoms with van der Waals surface area (Å²) in [4.78, 5) is 5.10. The largest absolute Gasteiger partial charge is 0.373 e. The number of aryl methyl sites for hydroxylation is 1. The van der Waals surface area contributed by atoms with E-state index in [-0.39, 0.29) is 0 Å². The van der Waals surface area contributed by atoms with Crippen LogP contribution in [-0.4, -0.2) is 28.3 Å². The molecule has 1 aliphatic rings. The van der Waals surface area contributed by atoms with Crippen LogP contribution in [0, 0.1) is 6.92 Å². The summed E-state index contributed by atoms with van der Waals surface area (Å²) in [5.41, 5.74) is 3.58. The predicted octanol–water partition coefficient (Wildman–Crippen LogP) is 4.73. The topological polar surface area (TPSA) is 30.3 Å². The van der Waals surface area contributed by atoms with Gasteiger partial charge >= 0.3 is 0 Å². The van der Waals surface area contributed by atoms with Crippen LogP contribution in [0.3, 0.4) is 0 Å². The Morgan fingerprint density at radius 1 is 1.27 bits per heavy atom. The Morgan fingerprint density at radius 2 is 2.19 bits per heavy atom. The number of hydrogen-bond acceptors (Lipinski definition) is 4. The van der Waals surface area contributed by atoms with Gasteiger partial charge in [0.05, 0.1) is 18.0 Å². The highest BCUT2D eigenvalue weighted by Gasteiger charge is 2.19. The molecule has 0 N–H and O–H groups in total. The van der Waals surface area contributed by atoms with Crippen molar-refractivity contribution in [2.75, 3.05) is 13.7 Å². The average molecular weight is 368 g/mol. The lowest BCUT2D eigenvalue weighted by Gasteiger charge is -2.14. The number of hydrogen-bond donors (Lipinski definition) is 0. The molecule has 1 aliphatic heterocycles. The third-order valence-corrected chi connectivity index (χ3v) is 5.87. The molecule has 1 aromatic carbocycles. The van der Waals surface area contributed by atoms with E-state index in [0.29, 0.717) is 6.10 Å². The van der Waals surface area contributed by atoms with Crippen molar-refractivity contribution in [2.24, 2.45) is 0 Å². The number of aromatic nitrogens is 2. The van der Waals surface area contributed by atoms with Crippen LogP contribution in [0.15, 0.2) is 48.8 Å². The zero-order valence-electron chi connectivity index (χ0n) is 15.4. The van der Waals surface area contributed by atoms with Crippen LogP contribution in [0.1, 0.15) is 39.8 Å². The molecule has 3 heterocycles. The maximum absolute atomic E-state index is 5.79. The van der Waals surface area contributed by atoms with Gasteiger partial charge in [-0.15, -0.1) is 11.3 Å². The van der Waals surface area contributed by atoms with E-state index in [2.05, 4.69) is 66.6 Å². The summed E-state index contributed by atoms with van der Waals surface area (Å²) in [5, 5.41) is 4.52. The molecule has 0 amide bonds. The maximum Gasteiger partial charge on any atom is 0.0917 e. The molecule has 26 heavy (non-hydrogen) atoms. The lowest BCUT2D eigenvalue weighted by Crippen LogP contribution is -2.16. The number of thiophene rings is 1. The quantitative estimate of drug-likeness (QED) is 0.631. The van der Waals surface area contributed by atoms with Gasteiger partial charge in [0.2, 0.25) is 0 Å². The first-order valence-corrected chi connectivity index (χ1v) is 9.98. The Morgan fingerprint density at radius 3 is 3.00 bits per heavy atom. The number of nitrogens with zero attached hydrogens (tertiary/aromatic N) is 3. The van der Waals surface area contributed by atoms with Gasteiger partial charge in [-0.1, -0.05) is 12.1 Å². The molecular weight excluding hydrogens is 342 g/mol. The standard InChI is InChI=1S/C21H25N3OS/c1-16-5-3-6-18(11-16)24-14-17(12-22-24)13-23(2)15-19-8-9-21(26-19)20-7-4-10-25-20/h3,5-6,8-9,11-12,14,20H,4,7,10,13,15H2,1-2H3/t20-/m0/s1. The van der Waals surface area contributed by atoms with E-state index in [1.807, 2.05) is 22.2 Å². The highest BCUT2D eigenvalue weighted by Crippen LogP contribution is 2.33. The number of rotatable bonds is 6. The maximum atomic E-state index is 5.79. The molecule has 4 nitrogen and oxygen atoms in total. The van der Waals surface area contributed by atoms with E-state index in [1.165, 1.54) is 27.3 Å². The lowest BCUT2D eigenvalue weighted by atomic mass is 10.2. The van der Waals surface area contributed by atoms with Crippen molar-refractivity contribution in [3.8, 4) is 5.69 Å². The minimum atomic E-state index is 0.326. The van der Waals surface area contributed by atoms with Gasteiger partial charge in [0.15, 0.2) is 0 Å². The molecule has 136 valence electrons. The van der Waals surface area contributed by atoms with Crippen molar-refractivity contribution in [3.63, 3.8) is 0 Å². The van der Waals surface area contributed by atoms with Crippen LogP contribution < -0.4 is 0 Å². The Balaban J connectivity index is 1.37. The first kappa shape index (κ1) is 17.5. The highest BCUT2D eigenvalue weighted by molar-refractivity contribution is 7.12. The molecule has 5 heteroatoms. The predicted molar refractivity (Wildman–Crippen MR) is 106 cm³/mol. The van der Waals surface area contributed by atoms with Gasteiger partial charge in [-0.3, -0.25) is 4.90 Å². The summed E-state index contributed by atoms with van der Waals surface area (Å²) in [6.45, 7) is 4.85. The third-order valence-electron chi connectivity index (χ3n) is 4.71. The summed E-state index contributed by atoms with van der Waals surface area (Å²) in [7, 11) is 2.16. The van der Waals surface area contributed by atoms with Crippen LogP contribution in [0.25, 0.3) is 5.69 Å². The molecule has 1 atom stereocenters. The van der Waals surface area contributed by atoms with Crippen LogP contribution in [0.4, 0.5) is 0 Å². The lowest BCUT2D eigenvalue weighted by molar-refractivity contribution is 0.114. The molecule has 0 bridgehead atoms. The number of benzene rings is 1. The van der Waals surface area contributed by atoms with Gasteiger partial charge in [-0.05, 0) is 56.6 Å². The second-order valence-corrected chi connectivity index (χ2v) is 8.31. The van der Waals surface area contributed by atoms with Gasteiger partial charge < -0.3 is 4.74 Å². The summed E-state index contributed by atoms with van der Waals surface area (Å²) >= 11 is 1.89. The molecule has 0 aliphatic carbocycles. The summed E-state index contributed by atoms with van der Waals surface area (Å²) in [5.74, 6) is 0. The Hall–Kier alpha value is -1.95. The van der Waals surface area contributed by atoms with Gasteiger partial charge in [0.1, 0.15) is 0 Å². The summed E-state index contributed by atoms with van der Waals surface area (Å²) < 4.78 is 7.75. The smallest absolute Gasteiger partial charge is 0.0917 e. The molecular formula is C21H25N3OS. The molecule has 0 spiro atoms. The average Bonchev–Trinajstić information content (AvgIpc) is 3.36. The molecule has 3 aromatic rings. The van der Waals surface area contributed by atoms with Crippen LogP contribution in [0.2, 0.25) is 0 Å². The van der Waals surface area contributed by atoms with Crippen LogP contribution in [-0.2, 0) is 17.8 Å². The van der Waals surface area contributed by atoms with Gasteiger partial charge in [0, 0.05) is 41.2 Å². The van der Waals surface area contributed by atoms with Crippen molar-refractivity contribution in [1.82, 2.24) is 14.7 Å². The van der Waals surface area contributed by atoms with Gasteiger partial charge in [-0.2, -0.15) is 5.10 Å². The molecule has 2 aromatic heterocycles. The summed E-state index contributed by atoms with van der Waals surface area (Å²) in [6, 6.07) is 12.9. The molecule has 1 fully saturated rings. The van der Waals surface area contributed by atoms with E-state index < -0.39 is 0 Å². The van der Waals surface area contributed by atoms with Gasteiger partial charge in [-0.25, -0.2) is 4.68 Å². The van der Waals surface area contributed by atoms with E-state index in [0.717, 1.165) is 31.8 Å². The minimum Gasteiger partial charge on any atom is -0.373 e. The van der Waals surface area contributed by atoms with E-state index in [9.17, 15) is 0 Å². The number of ether oxygens (including phenoxy) is 1. The monoisotopic (exact) mass is 367 g/mol. The second kappa shape index (κ2) is 7.74. The molecule has 1 saturated heterocycles. The SMILES string of the molecule is Cc1cccc(-n2cc(CN(C)Cc3ccc([C@@H]4CCCO4)s3)cn2)c1. The Bertz CT molecular complexity index is 864.